The average Bonchev–Trinajstić information content (AvgIpc) is 3.17. The maximum absolute atomic E-state index is 12.7. The molecule has 0 rings (SSSR count). The Morgan fingerprint density at radius 1 is 0.526 bits per heavy atom. The highest BCUT2D eigenvalue weighted by molar-refractivity contribution is 5.70. The normalized spacial score (nSPS) is 14.1. The summed E-state index contributed by atoms with van der Waals surface area (Å²) in [7, 11) is 5.36. The third kappa shape index (κ3) is 37.3. The van der Waals surface area contributed by atoms with Crippen LogP contribution in [0.15, 0.2) is 109 Å². The summed E-state index contributed by atoms with van der Waals surface area (Å²) >= 11 is 0. The first-order valence-corrected chi connectivity index (χ1v) is 21.4. The fourth-order valence-corrected chi connectivity index (χ4v) is 5.40. The van der Waals surface area contributed by atoms with Gasteiger partial charge in [-0.25, -0.2) is 0 Å². The fourth-order valence-electron chi connectivity index (χ4n) is 5.40. The molecule has 0 aliphatic rings. The second-order valence-electron chi connectivity index (χ2n) is 14.8. The molecule has 8 nitrogen and oxygen atoms in total. The van der Waals surface area contributed by atoms with E-state index in [0.717, 1.165) is 89.9 Å². The highest BCUT2D eigenvalue weighted by atomic mass is 16.6. The monoisotopic (exact) mass is 792 g/mol. The molecule has 0 saturated heterocycles. The number of ether oxygens (including phenoxy) is 3. The lowest BCUT2D eigenvalue weighted by Crippen LogP contribution is -2.55. The topological polar surface area (TPSA) is 102 Å². The maximum atomic E-state index is 12.7. The van der Waals surface area contributed by atoms with Crippen molar-refractivity contribution in [2.45, 2.75) is 142 Å². The van der Waals surface area contributed by atoms with Gasteiger partial charge in [-0.1, -0.05) is 136 Å². The summed E-state index contributed by atoms with van der Waals surface area (Å²) in [6.45, 7) is 4.29. The first-order chi connectivity index (χ1) is 27.6. The number of nitrogens with zero attached hydrogens (tertiary/aromatic N) is 1. The number of aliphatic carboxylic acids is 1. The van der Waals surface area contributed by atoms with E-state index in [9.17, 15) is 19.5 Å². The summed E-state index contributed by atoms with van der Waals surface area (Å²) in [4.78, 5) is 36.8. The Hall–Kier alpha value is -4.01. The molecule has 0 aliphatic heterocycles. The van der Waals surface area contributed by atoms with Crippen molar-refractivity contribution in [1.82, 2.24) is 0 Å². The second kappa shape index (κ2) is 38.8. The van der Waals surface area contributed by atoms with E-state index in [1.165, 1.54) is 0 Å². The lowest BCUT2D eigenvalue weighted by molar-refractivity contribution is -0.889. The summed E-state index contributed by atoms with van der Waals surface area (Å²) in [6.07, 6.45) is 52.7. The molecular weight excluding hydrogens is 715 g/mol. The molecule has 0 heterocycles. The van der Waals surface area contributed by atoms with Crippen LogP contribution in [0.3, 0.4) is 0 Å². The maximum Gasteiger partial charge on any atom is 0.306 e. The lowest BCUT2D eigenvalue weighted by atomic mass is 10.1. The number of carboxylic acids is 1. The van der Waals surface area contributed by atoms with E-state index in [-0.39, 0.29) is 43.1 Å². The zero-order valence-corrected chi connectivity index (χ0v) is 36.2. The van der Waals surface area contributed by atoms with Gasteiger partial charge in [-0.15, -0.1) is 0 Å². The van der Waals surface area contributed by atoms with E-state index in [4.69, 9.17) is 14.2 Å². The number of rotatable bonds is 36. The number of hydrogen-bond acceptors (Lipinski definition) is 7. The molecule has 0 saturated carbocycles. The molecule has 8 heteroatoms. The number of likely N-dealkylation sites (N-methyl/N-ethyl adjacent to an activating group) is 1. The van der Waals surface area contributed by atoms with Crippen LogP contribution in [-0.4, -0.2) is 75.5 Å². The van der Waals surface area contributed by atoms with Crippen molar-refractivity contribution in [3.05, 3.63) is 109 Å². The quantitative estimate of drug-likeness (QED) is 0.0269. The van der Waals surface area contributed by atoms with E-state index >= 15 is 0 Å². The number of esters is 2. The average molecular weight is 792 g/mol. The highest BCUT2D eigenvalue weighted by Gasteiger charge is 2.25. The van der Waals surface area contributed by atoms with E-state index in [0.29, 0.717) is 12.8 Å². The smallest absolute Gasteiger partial charge is 0.306 e. The van der Waals surface area contributed by atoms with E-state index in [1.807, 2.05) is 12.2 Å². The van der Waals surface area contributed by atoms with Crippen LogP contribution >= 0.6 is 0 Å². The van der Waals surface area contributed by atoms with Crippen LogP contribution in [0.5, 0.6) is 0 Å². The van der Waals surface area contributed by atoms with Crippen LogP contribution in [0.25, 0.3) is 0 Å². The van der Waals surface area contributed by atoms with Gasteiger partial charge >= 0.3 is 11.9 Å². The van der Waals surface area contributed by atoms with Gasteiger partial charge in [0.25, 0.3) is 0 Å². The molecule has 0 aromatic heterocycles. The molecule has 0 radical (unpaired) electrons. The molecule has 0 fully saturated rings. The predicted molar refractivity (Wildman–Crippen MR) is 235 cm³/mol. The third-order valence-electron chi connectivity index (χ3n) is 8.67. The zero-order valence-electron chi connectivity index (χ0n) is 36.2. The number of unbranched alkanes of at least 4 members (excludes halogenated alkanes) is 4. The van der Waals surface area contributed by atoms with Crippen molar-refractivity contribution in [3.63, 3.8) is 0 Å². The number of carbonyl (C=O) groups is 3. The summed E-state index contributed by atoms with van der Waals surface area (Å²) < 4.78 is 17.0. The van der Waals surface area contributed by atoms with E-state index in [1.54, 1.807) is 21.1 Å². The van der Waals surface area contributed by atoms with Gasteiger partial charge in [-0.2, -0.15) is 0 Å². The minimum Gasteiger partial charge on any atom is -0.544 e. The van der Waals surface area contributed by atoms with Crippen molar-refractivity contribution >= 4 is 17.9 Å². The van der Waals surface area contributed by atoms with Crippen LogP contribution in [-0.2, 0) is 28.6 Å². The van der Waals surface area contributed by atoms with Gasteiger partial charge in [-0.05, 0) is 83.5 Å². The van der Waals surface area contributed by atoms with Gasteiger partial charge in [0.15, 0.2) is 6.10 Å². The Kier molecular flexibility index (Phi) is 36.1. The van der Waals surface area contributed by atoms with Crippen LogP contribution in [0.4, 0.5) is 0 Å². The lowest BCUT2D eigenvalue weighted by Gasteiger charge is -2.34. The summed E-state index contributed by atoms with van der Waals surface area (Å²) in [5, 5.41) is 11.6. The largest absolute Gasteiger partial charge is 0.544 e. The Labute approximate surface area is 347 Å². The molecule has 0 amide bonds. The van der Waals surface area contributed by atoms with Crippen molar-refractivity contribution in [2.24, 2.45) is 0 Å². The van der Waals surface area contributed by atoms with Crippen LogP contribution < -0.4 is 5.11 Å². The molecule has 0 aromatic rings. The Morgan fingerprint density at radius 2 is 0.965 bits per heavy atom. The molecule has 0 aliphatic carbocycles. The first-order valence-electron chi connectivity index (χ1n) is 21.4. The molecule has 0 aromatic carbocycles. The van der Waals surface area contributed by atoms with Gasteiger partial charge < -0.3 is 28.6 Å². The summed E-state index contributed by atoms with van der Waals surface area (Å²) in [5.41, 5.74) is 0. The molecule has 0 spiro atoms. The van der Waals surface area contributed by atoms with Crippen molar-refractivity contribution in [1.29, 1.82) is 0 Å². The second-order valence-corrected chi connectivity index (χ2v) is 14.8. The zero-order chi connectivity index (χ0) is 42.1. The van der Waals surface area contributed by atoms with Gasteiger partial charge in [0.2, 0.25) is 0 Å². The van der Waals surface area contributed by atoms with Crippen molar-refractivity contribution in [3.8, 4) is 0 Å². The third-order valence-corrected chi connectivity index (χ3v) is 8.67. The number of carbonyl (C=O) groups excluding carboxylic acids is 3. The fraction of sp³-hybridized carbons (Fsp3) is 0.571. The van der Waals surface area contributed by atoms with Crippen molar-refractivity contribution < 1.29 is 38.2 Å². The molecular formula is C49H77NO7. The standard InChI is InChI=1S/C49H77NO7/c1-6-8-10-12-14-16-18-20-22-23-24-25-26-28-30-32-34-36-38-40-48(52)57-45(43-55-42-41-46(49(53)54)50(3,4)5)44-56-47(51)39-37-35-33-31-29-27-21-19-17-15-13-11-9-7-2/h8-11,14-17,20-22,24-25,27-28,30,34,36,45-46H,6-7,12-13,18-19,23,26,29,31-33,35,37-44H2,1-5H3/b10-8+,11-9+,16-14+,17-15+,22-20+,25-24+,27-21+,30-28+,36-34+. The van der Waals surface area contributed by atoms with Gasteiger partial charge in [-0.3, -0.25) is 9.59 Å². The number of carboxylic acid groups (broad SMARTS) is 1. The molecule has 2 unspecified atom stereocenters. The van der Waals surface area contributed by atoms with Gasteiger partial charge in [0.05, 0.1) is 40.3 Å². The van der Waals surface area contributed by atoms with Gasteiger partial charge in [0.1, 0.15) is 12.6 Å². The van der Waals surface area contributed by atoms with Crippen molar-refractivity contribution in [2.75, 3.05) is 41.0 Å². The molecule has 57 heavy (non-hydrogen) atoms. The first kappa shape index (κ1) is 53.0. The van der Waals surface area contributed by atoms with Crippen LogP contribution in [0.1, 0.15) is 129 Å². The number of hydrogen-bond donors (Lipinski definition) is 0. The molecule has 0 N–H and O–H groups in total. The minimum atomic E-state index is -1.15. The number of allylic oxidation sites excluding steroid dienone is 18. The predicted octanol–water partition coefficient (Wildman–Crippen LogP) is 10.4. The number of quaternary nitrogens is 1. The molecule has 2 atom stereocenters. The van der Waals surface area contributed by atoms with Crippen LogP contribution in [0.2, 0.25) is 0 Å². The molecule has 320 valence electrons. The Balaban J connectivity index is 4.55. The van der Waals surface area contributed by atoms with E-state index < -0.39 is 24.1 Å². The van der Waals surface area contributed by atoms with E-state index in [2.05, 4.69) is 111 Å². The highest BCUT2D eigenvalue weighted by Crippen LogP contribution is 2.10. The van der Waals surface area contributed by atoms with Crippen LogP contribution in [0, 0.1) is 0 Å². The van der Waals surface area contributed by atoms with Gasteiger partial charge in [0, 0.05) is 19.3 Å². The Bertz CT molecular complexity index is 1290. The SMILES string of the molecule is CC/C=C/C/C=C/C/C=C/C/C=C/C/C=C/C/C=C/CCC(=O)OC(COCCC(C(=O)[O-])[N+](C)(C)C)COC(=O)CCCCCC/C=C/C/C=C/C/C=C/CC. The summed E-state index contributed by atoms with van der Waals surface area (Å²) in [6, 6.07) is -0.749. The summed E-state index contributed by atoms with van der Waals surface area (Å²) in [5.74, 6) is -1.89. The Morgan fingerprint density at radius 3 is 1.42 bits per heavy atom. The molecule has 0 bridgehead atoms. The minimum absolute atomic E-state index is 0.00490.